The number of ether oxygens (including phenoxy) is 1. The number of nitrogens with zero attached hydrogens (tertiary/aromatic N) is 2. The van der Waals surface area contributed by atoms with E-state index in [-0.39, 0.29) is 57.9 Å². The van der Waals surface area contributed by atoms with Gasteiger partial charge in [0.15, 0.2) is 16.4 Å². The van der Waals surface area contributed by atoms with Crippen LogP contribution in [0.15, 0.2) is 27.6 Å². The molecule has 0 aliphatic carbocycles. The summed E-state index contributed by atoms with van der Waals surface area (Å²) >= 11 is 0. The van der Waals surface area contributed by atoms with Gasteiger partial charge in [0.25, 0.3) is 15.9 Å². The number of aryl methyl sites for hydroxylation is 2. The Hall–Kier alpha value is -2.63. The predicted octanol–water partition coefficient (Wildman–Crippen LogP) is 1.53. The van der Waals surface area contributed by atoms with Gasteiger partial charge in [-0.3, -0.25) is 9.52 Å². The van der Waals surface area contributed by atoms with Crippen LogP contribution in [0.3, 0.4) is 0 Å². The molecule has 10 nitrogen and oxygen atoms in total. The lowest BCUT2D eigenvalue weighted by Gasteiger charge is -2.37. The molecule has 176 valence electrons. The van der Waals surface area contributed by atoms with E-state index in [1.807, 2.05) is 6.92 Å². The highest BCUT2D eigenvalue weighted by Gasteiger charge is 2.35. The molecular weight excluding hydrogens is 436 g/mol. The van der Waals surface area contributed by atoms with Gasteiger partial charge in [0.1, 0.15) is 11.8 Å². The highest BCUT2D eigenvalue weighted by atomic mass is 32.2. The van der Waals surface area contributed by atoms with E-state index in [1.165, 1.54) is 6.92 Å². The number of aliphatic hydroxyl groups is 1. The number of amides is 1. The Balaban J connectivity index is 2.11. The van der Waals surface area contributed by atoms with Crippen LogP contribution in [0.25, 0.3) is 0 Å². The number of aliphatic hydroxyl groups excluding tert-OH is 1. The number of hydrogen-bond acceptors (Lipinski definition) is 8. The minimum absolute atomic E-state index is 0.0528. The Morgan fingerprint density at radius 3 is 2.66 bits per heavy atom. The fourth-order valence-corrected chi connectivity index (χ4v) is 5.22. The summed E-state index contributed by atoms with van der Waals surface area (Å²) < 4.78 is 40.0. The van der Waals surface area contributed by atoms with Gasteiger partial charge in [-0.25, -0.2) is 8.42 Å². The van der Waals surface area contributed by atoms with Crippen molar-refractivity contribution in [1.82, 2.24) is 15.4 Å². The van der Waals surface area contributed by atoms with Gasteiger partial charge in [0.05, 0.1) is 23.9 Å². The Labute approximate surface area is 188 Å². The number of rotatable bonds is 7. The maximum atomic E-state index is 13.4. The molecule has 11 heteroatoms. The van der Waals surface area contributed by atoms with Crippen LogP contribution in [0.1, 0.15) is 35.7 Å². The molecule has 0 bridgehead atoms. The predicted molar refractivity (Wildman–Crippen MR) is 118 cm³/mol. The monoisotopic (exact) mass is 466 g/mol. The van der Waals surface area contributed by atoms with E-state index >= 15 is 0 Å². The maximum Gasteiger partial charge on any atom is 0.267 e. The second-order valence-electron chi connectivity index (χ2n) is 8.12. The van der Waals surface area contributed by atoms with Crippen LogP contribution in [-0.4, -0.2) is 68.4 Å². The summed E-state index contributed by atoms with van der Waals surface area (Å²) in [5, 5.41) is 16.5. The molecule has 1 amide bonds. The molecule has 0 saturated carbocycles. The Morgan fingerprint density at radius 2 is 2.06 bits per heavy atom. The number of sulfonamides is 1. The van der Waals surface area contributed by atoms with Crippen LogP contribution in [0, 0.1) is 19.8 Å². The molecule has 1 aliphatic rings. The molecule has 2 aromatic rings. The van der Waals surface area contributed by atoms with Crippen LogP contribution in [0.5, 0.6) is 5.75 Å². The lowest BCUT2D eigenvalue weighted by Crippen LogP contribution is -2.49. The van der Waals surface area contributed by atoms with E-state index in [2.05, 4.69) is 15.2 Å². The minimum Gasteiger partial charge on any atom is -0.486 e. The van der Waals surface area contributed by atoms with E-state index in [1.54, 1.807) is 44.0 Å². The van der Waals surface area contributed by atoms with Crippen molar-refractivity contribution in [1.29, 1.82) is 0 Å². The standard InChI is InChI=1S/C21H30N4O6S/c1-12-10-25(13(2)11-26)21(27)16-7-6-8-17(19(16)30-18(12)9-22-5)24-32(28,29)20-14(3)23-31-15(20)4/h6-8,12-13,18,22,24,26H,9-11H2,1-5H3/t12-,13+,18-/m1/s1. The highest BCUT2D eigenvalue weighted by Crippen LogP contribution is 2.36. The first-order chi connectivity index (χ1) is 15.1. The molecule has 0 fully saturated rings. The summed E-state index contributed by atoms with van der Waals surface area (Å²) in [7, 11) is -2.26. The number of fused-ring (bicyclic) bond motifs is 1. The Kier molecular flexibility index (Phi) is 7.11. The smallest absolute Gasteiger partial charge is 0.267 e. The van der Waals surface area contributed by atoms with E-state index in [0.29, 0.717) is 13.1 Å². The van der Waals surface area contributed by atoms with Crippen LogP contribution >= 0.6 is 0 Å². The second-order valence-corrected chi connectivity index (χ2v) is 9.74. The third-order valence-electron chi connectivity index (χ3n) is 5.58. The largest absolute Gasteiger partial charge is 0.486 e. The molecule has 1 aromatic carbocycles. The average Bonchev–Trinajstić information content (AvgIpc) is 3.09. The summed E-state index contributed by atoms with van der Waals surface area (Å²) in [4.78, 5) is 14.9. The van der Waals surface area contributed by atoms with Gasteiger partial charge >= 0.3 is 0 Å². The average molecular weight is 467 g/mol. The Morgan fingerprint density at radius 1 is 1.34 bits per heavy atom. The lowest BCUT2D eigenvalue weighted by molar-refractivity contribution is 0.0417. The maximum absolute atomic E-state index is 13.4. The van der Waals surface area contributed by atoms with E-state index in [0.717, 1.165) is 0 Å². The zero-order valence-corrected chi connectivity index (χ0v) is 19.7. The first kappa shape index (κ1) is 24.0. The number of hydrogen-bond donors (Lipinski definition) is 3. The van der Waals surface area contributed by atoms with Crippen LogP contribution in [0.4, 0.5) is 5.69 Å². The normalized spacial score (nSPS) is 20.2. The number of benzene rings is 1. The van der Waals surface area contributed by atoms with Crippen LogP contribution in [0.2, 0.25) is 0 Å². The highest BCUT2D eigenvalue weighted by molar-refractivity contribution is 7.92. The van der Waals surface area contributed by atoms with E-state index in [9.17, 15) is 18.3 Å². The van der Waals surface area contributed by atoms with Crippen molar-refractivity contribution < 1.29 is 27.6 Å². The molecule has 3 N–H and O–H groups in total. The number of likely N-dealkylation sites (N-methyl/N-ethyl adjacent to an activating group) is 1. The van der Waals surface area contributed by atoms with E-state index < -0.39 is 16.1 Å². The van der Waals surface area contributed by atoms with Crippen molar-refractivity contribution >= 4 is 21.6 Å². The number of anilines is 1. The third-order valence-corrected chi connectivity index (χ3v) is 7.19. The van der Waals surface area contributed by atoms with Gasteiger partial charge in [-0.1, -0.05) is 18.1 Å². The molecule has 1 aromatic heterocycles. The molecule has 3 rings (SSSR count). The first-order valence-corrected chi connectivity index (χ1v) is 11.9. The van der Waals surface area contributed by atoms with Crippen molar-refractivity contribution in [3.05, 3.63) is 35.2 Å². The van der Waals surface area contributed by atoms with Crippen LogP contribution in [-0.2, 0) is 10.0 Å². The fraction of sp³-hybridized carbons (Fsp3) is 0.524. The lowest BCUT2D eigenvalue weighted by atomic mass is 9.99. The number of carbonyl (C=O) groups excluding carboxylic acids is 1. The molecule has 32 heavy (non-hydrogen) atoms. The fourth-order valence-electron chi connectivity index (χ4n) is 3.82. The number of aromatic nitrogens is 1. The first-order valence-electron chi connectivity index (χ1n) is 10.4. The molecule has 0 unspecified atom stereocenters. The van der Waals surface area contributed by atoms with Crippen molar-refractivity contribution in [2.45, 2.75) is 44.7 Å². The van der Waals surface area contributed by atoms with Gasteiger partial charge in [-0.2, -0.15) is 0 Å². The molecule has 2 heterocycles. The van der Waals surface area contributed by atoms with Gasteiger partial charge in [-0.05, 0) is 40.0 Å². The van der Waals surface area contributed by atoms with Gasteiger partial charge < -0.3 is 24.6 Å². The minimum atomic E-state index is -4.05. The van der Waals surface area contributed by atoms with Crippen molar-refractivity contribution in [3.8, 4) is 5.75 Å². The topological polar surface area (TPSA) is 134 Å². The summed E-state index contributed by atoms with van der Waals surface area (Å²) in [5.74, 6) is -0.110. The molecular formula is C21H30N4O6S. The molecule has 0 spiro atoms. The quantitative estimate of drug-likeness (QED) is 0.559. The van der Waals surface area contributed by atoms with E-state index in [4.69, 9.17) is 9.26 Å². The number of nitrogens with one attached hydrogen (secondary N) is 2. The van der Waals surface area contributed by atoms with Gasteiger partial charge in [0.2, 0.25) is 0 Å². The number of para-hydroxylation sites is 1. The van der Waals surface area contributed by atoms with Gasteiger partial charge in [0, 0.05) is 19.0 Å². The molecule has 0 radical (unpaired) electrons. The summed E-state index contributed by atoms with van der Waals surface area (Å²) in [5.41, 5.74) is 0.593. The molecule has 1 aliphatic heterocycles. The Bertz CT molecular complexity index is 1060. The molecule has 3 atom stereocenters. The third kappa shape index (κ3) is 4.59. The number of carbonyl (C=O) groups is 1. The van der Waals surface area contributed by atoms with Crippen molar-refractivity contribution in [3.63, 3.8) is 0 Å². The van der Waals surface area contributed by atoms with Gasteiger partial charge in [-0.15, -0.1) is 0 Å². The van der Waals surface area contributed by atoms with Crippen molar-refractivity contribution in [2.75, 3.05) is 31.5 Å². The van der Waals surface area contributed by atoms with Crippen LogP contribution < -0.4 is 14.8 Å². The summed E-state index contributed by atoms with van der Waals surface area (Å²) in [6.07, 6.45) is -0.343. The SMILES string of the molecule is CNC[C@H]1Oc2c(NS(=O)(=O)c3c(C)noc3C)cccc2C(=O)N([C@@H](C)CO)C[C@H]1C. The summed E-state index contributed by atoms with van der Waals surface area (Å²) in [6, 6.07) is 4.32. The zero-order valence-electron chi connectivity index (χ0n) is 18.9. The summed E-state index contributed by atoms with van der Waals surface area (Å²) in [6.45, 7) is 7.46. The zero-order chi connectivity index (χ0) is 23.6. The van der Waals surface area contributed by atoms with Crippen molar-refractivity contribution in [2.24, 2.45) is 5.92 Å². The molecule has 0 saturated heterocycles. The second kappa shape index (κ2) is 9.47.